The van der Waals surface area contributed by atoms with E-state index in [0.29, 0.717) is 5.69 Å². The van der Waals surface area contributed by atoms with Crippen molar-refractivity contribution in [1.29, 1.82) is 0 Å². The highest BCUT2D eigenvalue weighted by Gasteiger charge is 2.30. The fraction of sp³-hybridized carbons (Fsp3) is 0.333. The fourth-order valence-electron chi connectivity index (χ4n) is 1.25. The van der Waals surface area contributed by atoms with Gasteiger partial charge in [-0.15, -0.1) is 0 Å². The Morgan fingerprint density at radius 3 is 2.59 bits per heavy atom. The molecule has 0 atom stereocenters. The number of carboxylic acids is 1. The van der Waals surface area contributed by atoms with Crippen molar-refractivity contribution in [2.45, 2.75) is 20.3 Å². The van der Waals surface area contributed by atoms with Gasteiger partial charge in [-0.05, 0) is 32.0 Å². The number of hydrogen-bond acceptors (Lipinski definition) is 2. The predicted octanol–water partition coefficient (Wildman–Crippen LogP) is 2.89. The van der Waals surface area contributed by atoms with Gasteiger partial charge in [-0.25, -0.2) is 0 Å². The highest BCUT2D eigenvalue weighted by atomic mass is 79.9. The molecule has 0 aliphatic carbocycles. The van der Waals surface area contributed by atoms with Gasteiger partial charge in [-0.1, -0.05) is 22.0 Å². The molecule has 0 bridgehead atoms. The van der Waals surface area contributed by atoms with Gasteiger partial charge in [0, 0.05) is 16.6 Å². The van der Waals surface area contributed by atoms with Crippen LogP contribution in [0.2, 0.25) is 0 Å². The molecule has 4 nitrogen and oxygen atoms in total. The smallest absolute Gasteiger partial charge is 0.309 e. The van der Waals surface area contributed by atoms with Crippen LogP contribution in [0, 0.1) is 5.41 Å². The quantitative estimate of drug-likeness (QED) is 0.898. The molecule has 1 rings (SSSR count). The van der Waals surface area contributed by atoms with Crippen molar-refractivity contribution in [3.8, 4) is 0 Å². The zero-order valence-corrected chi connectivity index (χ0v) is 11.2. The first-order valence-electron chi connectivity index (χ1n) is 5.10. The number of carboxylic acid groups (broad SMARTS) is 1. The Morgan fingerprint density at radius 1 is 1.41 bits per heavy atom. The van der Waals surface area contributed by atoms with Crippen LogP contribution in [0.1, 0.15) is 20.3 Å². The molecular weight excluding hydrogens is 286 g/mol. The van der Waals surface area contributed by atoms with Crippen LogP contribution >= 0.6 is 15.9 Å². The van der Waals surface area contributed by atoms with Crippen LogP contribution in [-0.2, 0) is 9.59 Å². The first-order valence-corrected chi connectivity index (χ1v) is 5.89. The van der Waals surface area contributed by atoms with Crippen LogP contribution in [-0.4, -0.2) is 17.0 Å². The summed E-state index contributed by atoms with van der Waals surface area (Å²) in [6.07, 6.45) is -0.0607. The van der Waals surface area contributed by atoms with Gasteiger partial charge in [0.15, 0.2) is 0 Å². The Bertz CT molecular complexity index is 443. The van der Waals surface area contributed by atoms with E-state index in [1.165, 1.54) is 13.8 Å². The SMILES string of the molecule is CC(C)(CC(=O)Nc1cccc(Br)c1)C(=O)O. The number of halogens is 1. The molecule has 1 aromatic carbocycles. The van der Waals surface area contributed by atoms with E-state index in [1.54, 1.807) is 18.2 Å². The van der Waals surface area contributed by atoms with E-state index in [9.17, 15) is 9.59 Å². The number of amides is 1. The monoisotopic (exact) mass is 299 g/mol. The average Bonchev–Trinajstić information content (AvgIpc) is 2.15. The summed E-state index contributed by atoms with van der Waals surface area (Å²) in [5.74, 6) is -1.29. The zero-order chi connectivity index (χ0) is 13.1. The van der Waals surface area contributed by atoms with Crippen molar-refractivity contribution in [2.24, 2.45) is 5.41 Å². The van der Waals surface area contributed by atoms with Gasteiger partial charge < -0.3 is 10.4 Å². The third kappa shape index (κ3) is 4.19. The number of nitrogens with one attached hydrogen (secondary N) is 1. The third-order valence-electron chi connectivity index (χ3n) is 2.29. The molecular formula is C12H14BrNO3. The zero-order valence-electron chi connectivity index (χ0n) is 9.66. The predicted molar refractivity (Wildman–Crippen MR) is 68.8 cm³/mol. The van der Waals surface area contributed by atoms with Crippen molar-refractivity contribution in [2.75, 3.05) is 5.32 Å². The normalized spacial score (nSPS) is 11.0. The summed E-state index contributed by atoms with van der Waals surface area (Å²) in [5, 5.41) is 11.6. The van der Waals surface area contributed by atoms with Crippen LogP contribution in [0.15, 0.2) is 28.7 Å². The van der Waals surface area contributed by atoms with Crippen molar-refractivity contribution in [3.63, 3.8) is 0 Å². The lowest BCUT2D eigenvalue weighted by Gasteiger charge is -2.18. The van der Waals surface area contributed by atoms with Crippen molar-refractivity contribution in [3.05, 3.63) is 28.7 Å². The Kier molecular flexibility index (Phi) is 4.28. The lowest BCUT2D eigenvalue weighted by molar-refractivity contribution is -0.148. The lowest BCUT2D eigenvalue weighted by Crippen LogP contribution is -2.29. The summed E-state index contributed by atoms with van der Waals surface area (Å²) >= 11 is 3.29. The van der Waals surface area contributed by atoms with Crippen molar-refractivity contribution >= 4 is 33.5 Å². The molecule has 0 saturated carbocycles. The van der Waals surface area contributed by atoms with Crippen LogP contribution in [0.4, 0.5) is 5.69 Å². The van der Waals surface area contributed by atoms with Gasteiger partial charge >= 0.3 is 5.97 Å². The topological polar surface area (TPSA) is 66.4 Å². The summed E-state index contributed by atoms with van der Waals surface area (Å²) in [6, 6.07) is 7.14. The maximum atomic E-state index is 11.7. The van der Waals surface area contributed by atoms with Crippen LogP contribution in [0.25, 0.3) is 0 Å². The van der Waals surface area contributed by atoms with Crippen LogP contribution in [0.5, 0.6) is 0 Å². The molecule has 0 fully saturated rings. The molecule has 0 aliphatic rings. The molecule has 92 valence electrons. The van der Waals surface area contributed by atoms with Gasteiger partial charge in [0.2, 0.25) is 5.91 Å². The van der Waals surface area contributed by atoms with Gasteiger partial charge in [0.05, 0.1) is 5.41 Å². The number of carbonyl (C=O) groups is 2. The standard InChI is InChI=1S/C12H14BrNO3/c1-12(2,11(16)17)7-10(15)14-9-5-3-4-8(13)6-9/h3-6H,7H2,1-2H3,(H,14,15)(H,16,17). The molecule has 0 unspecified atom stereocenters. The maximum Gasteiger partial charge on any atom is 0.309 e. The van der Waals surface area contributed by atoms with Gasteiger partial charge in [0.1, 0.15) is 0 Å². The number of anilines is 1. The minimum atomic E-state index is -1.06. The molecule has 1 amide bonds. The van der Waals surface area contributed by atoms with E-state index in [0.717, 1.165) is 4.47 Å². The number of benzene rings is 1. The molecule has 0 heterocycles. The molecule has 0 aromatic heterocycles. The molecule has 0 aliphatic heterocycles. The summed E-state index contributed by atoms with van der Waals surface area (Å²) < 4.78 is 0.854. The Labute approximate surface area is 108 Å². The van der Waals surface area contributed by atoms with Crippen LogP contribution < -0.4 is 5.32 Å². The minimum Gasteiger partial charge on any atom is -0.481 e. The number of hydrogen-bond donors (Lipinski definition) is 2. The van der Waals surface area contributed by atoms with E-state index in [1.807, 2.05) is 6.07 Å². The molecule has 1 aromatic rings. The largest absolute Gasteiger partial charge is 0.481 e. The average molecular weight is 300 g/mol. The molecule has 0 radical (unpaired) electrons. The fourth-order valence-corrected chi connectivity index (χ4v) is 1.65. The van der Waals surface area contributed by atoms with Crippen LogP contribution in [0.3, 0.4) is 0 Å². The van der Waals surface area contributed by atoms with Gasteiger partial charge in [-0.3, -0.25) is 9.59 Å². The Hall–Kier alpha value is -1.36. The highest BCUT2D eigenvalue weighted by Crippen LogP contribution is 2.22. The minimum absolute atomic E-state index is 0.0607. The second-order valence-corrected chi connectivity index (χ2v) is 5.34. The summed E-state index contributed by atoms with van der Waals surface area (Å²) in [4.78, 5) is 22.5. The summed E-state index contributed by atoms with van der Waals surface area (Å²) in [5.41, 5.74) is -0.415. The van der Waals surface area contributed by atoms with E-state index in [-0.39, 0.29) is 12.3 Å². The lowest BCUT2D eigenvalue weighted by atomic mass is 9.89. The van der Waals surface area contributed by atoms with E-state index >= 15 is 0 Å². The number of carbonyl (C=O) groups excluding carboxylic acids is 1. The molecule has 0 saturated heterocycles. The van der Waals surface area contributed by atoms with Crippen molar-refractivity contribution in [1.82, 2.24) is 0 Å². The second-order valence-electron chi connectivity index (χ2n) is 4.42. The number of rotatable bonds is 4. The molecule has 0 spiro atoms. The van der Waals surface area contributed by atoms with Gasteiger partial charge in [0.25, 0.3) is 0 Å². The van der Waals surface area contributed by atoms with Crippen molar-refractivity contribution < 1.29 is 14.7 Å². The highest BCUT2D eigenvalue weighted by molar-refractivity contribution is 9.10. The Balaban J connectivity index is 2.65. The maximum absolute atomic E-state index is 11.7. The van der Waals surface area contributed by atoms with E-state index < -0.39 is 11.4 Å². The number of aliphatic carboxylic acids is 1. The first kappa shape index (κ1) is 13.7. The van der Waals surface area contributed by atoms with E-state index in [4.69, 9.17) is 5.11 Å². The van der Waals surface area contributed by atoms with E-state index in [2.05, 4.69) is 21.2 Å². The molecule has 2 N–H and O–H groups in total. The van der Waals surface area contributed by atoms with Gasteiger partial charge in [-0.2, -0.15) is 0 Å². The first-order chi connectivity index (χ1) is 7.81. The summed E-state index contributed by atoms with van der Waals surface area (Å²) in [7, 11) is 0. The second kappa shape index (κ2) is 5.31. The third-order valence-corrected chi connectivity index (χ3v) is 2.78. The Morgan fingerprint density at radius 2 is 2.06 bits per heavy atom. The molecule has 5 heteroatoms. The summed E-state index contributed by atoms with van der Waals surface area (Å²) in [6.45, 7) is 3.05. The molecule has 17 heavy (non-hydrogen) atoms.